The maximum Gasteiger partial charge on any atom is 0.405 e. The van der Waals surface area contributed by atoms with E-state index >= 15 is 0 Å². The molecule has 0 heterocycles. The smallest absolute Gasteiger partial charge is 0.405 e. The van der Waals surface area contributed by atoms with Crippen LogP contribution in [0.4, 0.5) is 4.79 Å². The Morgan fingerprint density at radius 2 is 2.08 bits per heavy atom. The topological polar surface area (TPSA) is 78.3 Å². The average molecular weight is 174 g/mol. The van der Waals surface area contributed by atoms with E-state index in [0.717, 1.165) is 6.42 Å². The molecule has 0 aliphatic rings. The van der Waals surface area contributed by atoms with Gasteiger partial charge in [0.2, 0.25) is 0 Å². The third-order valence-corrected chi connectivity index (χ3v) is 2.15. The molecule has 12 heavy (non-hydrogen) atoms. The van der Waals surface area contributed by atoms with Crippen molar-refractivity contribution in [2.24, 2.45) is 17.4 Å². The van der Waals surface area contributed by atoms with Crippen LogP contribution in [-0.4, -0.2) is 18.2 Å². The second-order valence-corrected chi connectivity index (χ2v) is 3.50. The third-order valence-electron chi connectivity index (χ3n) is 2.15. The number of carbonyl (C=O) groups is 1. The van der Waals surface area contributed by atoms with Crippen LogP contribution in [0.1, 0.15) is 27.2 Å². The molecule has 0 bridgehead atoms. The SMILES string of the molecule is CC(CCN)C(C)(C)OC(N)=O. The van der Waals surface area contributed by atoms with E-state index in [0.29, 0.717) is 6.54 Å². The fourth-order valence-electron chi connectivity index (χ4n) is 0.957. The lowest BCUT2D eigenvalue weighted by Crippen LogP contribution is -2.38. The Kier molecular flexibility index (Phi) is 4.03. The van der Waals surface area contributed by atoms with Gasteiger partial charge in [0.15, 0.2) is 0 Å². The van der Waals surface area contributed by atoms with Crippen molar-refractivity contribution in [2.45, 2.75) is 32.8 Å². The summed E-state index contributed by atoms with van der Waals surface area (Å²) in [6.07, 6.45) is 0.0872. The molecule has 0 saturated heterocycles. The standard InChI is InChI=1S/C8H18N2O2/c1-6(4-5-9)8(2,3)12-7(10)11/h6H,4-5,9H2,1-3H3,(H2,10,11). The van der Waals surface area contributed by atoms with Crippen LogP contribution in [0.15, 0.2) is 0 Å². The normalized spacial score (nSPS) is 14.0. The maximum atomic E-state index is 10.5. The molecule has 1 unspecified atom stereocenters. The first-order chi connectivity index (χ1) is 5.40. The molecule has 0 aromatic rings. The summed E-state index contributed by atoms with van der Waals surface area (Å²) in [5.41, 5.74) is 9.78. The van der Waals surface area contributed by atoms with Gasteiger partial charge in [-0.05, 0) is 32.7 Å². The van der Waals surface area contributed by atoms with Crippen molar-refractivity contribution < 1.29 is 9.53 Å². The summed E-state index contributed by atoms with van der Waals surface area (Å²) >= 11 is 0. The van der Waals surface area contributed by atoms with Crippen molar-refractivity contribution >= 4 is 6.09 Å². The second kappa shape index (κ2) is 4.30. The van der Waals surface area contributed by atoms with Crippen LogP contribution in [0.5, 0.6) is 0 Å². The van der Waals surface area contributed by atoms with E-state index in [4.69, 9.17) is 16.2 Å². The number of amides is 1. The molecule has 0 aliphatic carbocycles. The number of hydrogen-bond acceptors (Lipinski definition) is 3. The minimum Gasteiger partial charge on any atom is -0.443 e. The Bertz CT molecular complexity index is 157. The van der Waals surface area contributed by atoms with E-state index in [2.05, 4.69) is 0 Å². The number of hydrogen-bond donors (Lipinski definition) is 2. The van der Waals surface area contributed by atoms with Gasteiger partial charge < -0.3 is 16.2 Å². The first kappa shape index (κ1) is 11.2. The van der Waals surface area contributed by atoms with Crippen LogP contribution in [-0.2, 0) is 4.74 Å². The number of carbonyl (C=O) groups excluding carboxylic acids is 1. The van der Waals surface area contributed by atoms with Gasteiger partial charge >= 0.3 is 6.09 Å². The van der Waals surface area contributed by atoms with Gasteiger partial charge in [-0.3, -0.25) is 0 Å². The van der Waals surface area contributed by atoms with Gasteiger partial charge in [0, 0.05) is 0 Å². The molecule has 0 saturated carbocycles. The molecule has 0 radical (unpaired) electrons. The highest BCUT2D eigenvalue weighted by molar-refractivity contribution is 5.65. The Morgan fingerprint density at radius 3 is 2.42 bits per heavy atom. The van der Waals surface area contributed by atoms with Gasteiger partial charge in [-0.15, -0.1) is 0 Å². The lowest BCUT2D eigenvalue weighted by atomic mass is 9.90. The molecule has 1 amide bonds. The number of primary amides is 1. The zero-order chi connectivity index (χ0) is 9.78. The van der Waals surface area contributed by atoms with Crippen molar-refractivity contribution in [1.29, 1.82) is 0 Å². The molecule has 0 aromatic carbocycles. The first-order valence-electron chi connectivity index (χ1n) is 4.08. The van der Waals surface area contributed by atoms with E-state index in [1.807, 2.05) is 20.8 Å². The molecule has 4 heteroatoms. The van der Waals surface area contributed by atoms with Crippen molar-refractivity contribution in [3.63, 3.8) is 0 Å². The van der Waals surface area contributed by atoms with Crippen molar-refractivity contribution in [3.8, 4) is 0 Å². The summed E-state index contributed by atoms with van der Waals surface area (Å²) in [6.45, 7) is 6.23. The van der Waals surface area contributed by atoms with Crippen molar-refractivity contribution in [1.82, 2.24) is 0 Å². The van der Waals surface area contributed by atoms with E-state index in [1.54, 1.807) is 0 Å². The quantitative estimate of drug-likeness (QED) is 0.663. The Balaban J connectivity index is 4.07. The zero-order valence-corrected chi connectivity index (χ0v) is 7.96. The van der Waals surface area contributed by atoms with Gasteiger partial charge in [-0.2, -0.15) is 0 Å². The van der Waals surface area contributed by atoms with Crippen LogP contribution in [0.25, 0.3) is 0 Å². The number of rotatable bonds is 4. The van der Waals surface area contributed by atoms with Gasteiger partial charge in [0.25, 0.3) is 0 Å². The predicted octanol–water partition coefficient (Wildman–Crippen LogP) is 0.845. The molecule has 0 spiro atoms. The molecule has 4 N–H and O–H groups in total. The minimum atomic E-state index is -0.733. The molecule has 72 valence electrons. The molecular weight excluding hydrogens is 156 g/mol. The van der Waals surface area contributed by atoms with Crippen molar-refractivity contribution in [3.05, 3.63) is 0 Å². The van der Waals surface area contributed by atoms with Crippen LogP contribution >= 0.6 is 0 Å². The molecule has 1 atom stereocenters. The molecule has 0 fully saturated rings. The second-order valence-electron chi connectivity index (χ2n) is 3.50. The van der Waals surface area contributed by atoms with Crippen LogP contribution < -0.4 is 11.5 Å². The fourth-order valence-corrected chi connectivity index (χ4v) is 0.957. The summed E-state index contributed by atoms with van der Waals surface area (Å²) in [4.78, 5) is 10.5. The summed E-state index contributed by atoms with van der Waals surface area (Å²) in [6, 6.07) is 0. The highest BCUT2D eigenvalue weighted by Gasteiger charge is 2.28. The highest BCUT2D eigenvalue weighted by Crippen LogP contribution is 2.23. The number of nitrogens with two attached hydrogens (primary N) is 2. The predicted molar refractivity (Wildman–Crippen MR) is 47.6 cm³/mol. The fraction of sp³-hybridized carbons (Fsp3) is 0.875. The van der Waals surface area contributed by atoms with E-state index in [9.17, 15) is 4.79 Å². The van der Waals surface area contributed by atoms with Gasteiger partial charge in [0.1, 0.15) is 5.60 Å². The lowest BCUT2D eigenvalue weighted by Gasteiger charge is -2.30. The van der Waals surface area contributed by atoms with Crippen LogP contribution in [0.2, 0.25) is 0 Å². The Hall–Kier alpha value is -0.770. The molecule has 0 aliphatic heterocycles. The summed E-state index contributed by atoms with van der Waals surface area (Å²) in [5, 5.41) is 0. The largest absolute Gasteiger partial charge is 0.443 e. The first-order valence-corrected chi connectivity index (χ1v) is 4.08. The zero-order valence-electron chi connectivity index (χ0n) is 7.96. The number of ether oxygens (including phenoxy) is 1. The average Bonchev–Trinajstić information content (AvgIpc) is 1.85. The summed E-state index contributed by atoms with van der Waals surface area (Å²) < 4.78 is 4.94. The molecule has 0 rings (SSSR count). The molecule has 4 nitrogen and oxygen atoms in total. The minimum absolute atomic E-state index is 0.218. The van der Waals surface area contributed by atoms with Gasteiger partial charge in [-0.1, -0.05) is 6.92 Å². The van der Waals surface area contributed by atoms with Gasteiger partial charge in [0.05, 0.1) is 0 Å². The van der Waals surface area contributed by atoms with Crippen molar-refractivity contribution in [2.75, 3.05) is 6.54 Å². The highest BCUT2D eigenvalue weighted by atomic mass is 16.6. The third kappa shape index (κ3) is 3.57. The Morgan fingerprint density at radius 1 is 1.58 bits per heavy atom. The van der Waals surface area contributed by atoms with Crippen LogP contribution in [0, 0.1) is 5.92 Å². The van der Waals surface area contributed by atoms with E-state index < -0.39 is 11.7 Å². The van der Waals surface area contributed by atoms with Gasteiger partial charge in [-0.25, -0.2) is 4.79 Å². The maximum absolute atomic E-state index is 10.5. The summed E-state index contributed by atoms with van der Waals surface area (Å²) in [5.74, 6) is 0.218. The van der Waals surface area contributed by atoms with E-state index in [1.165, 1.54) is 0 Å². The van der Waals surface area contributed by atoms with E-state index in [-0.39, 0.29) is 5.92 Å². The summed E-state index contributed by atoms with van der Waals surface area (Å²) in [7, 11) is 0. The van der Waals surface area contributed by atoms with Crippen LogP contribution in [0.3, 0.4) is 0 Å². The molecular formula is C8H18N2O2. The molecule has 0 aromatic heterocycles. The Labute approximate surface area is 73.2 Å². The monoisotopic (exact) mass is 174 g/mol. The lowest BCUT2D eigenvalue weighted by molar-refractivity contribution is 0.00276.